The molecule has 1 aromatic carbocycles. The van der Waals surface area contributed by atoms with Crippen LogP contribution in [0.25, 0.3) is 0 Å². The Morgan fingerprint density at radius 2 is 2.12 bits per heavy atom. The Labute approximate surface area is 96.2 Å². The van der Waals surface area contributed by atoms with Crippen LogP contribution < -0.4 is 4.74 Å². The first-order chi connectivity index (χ1) is 7.77. The van der Waals surface area contributed by atoms with Gasteiger partial charge in [-0.2, -0.15) is 0 Å². The van der Waals surface area contributed by atoms with Crippen LogP contribution in [0.1, 0.15) is 43.6 Å². The van der Waals surface area contributed by atoms with Crippen LogP contribution in [-0.2, 0) is 0 Å². The zero-order chi connectivity index (χ0) is 11.0. The Morgan fingerprint density at radius 3 is 2.88 bits per heavy atom. The minimum absolute atomic E-state index is 0.380. The molecule has 16 heavy (non-hydrogen) atoms. The molecule has 1 saturated carbocycles. The summed E-state index contributed by atoms with van der Waals surface area (Å²) in [5.41, 5.74) is 0.906. The van der Waals surface area contributed by atoms with Gasteiger partial charge in [0.2, 0.25) is 0 Å². The molecule has 86 valence electrons. The lowest BCUT2D eigenvalue weighted by molar-refractivity contribution is -0.0479. The van der Waals surface area contributed by atoms with Crippen molar-refractivity contribution in [3.05, 3.63) is 29.8 Å². The lowest BCUT2D eigenvalue weighted by Crippen LogP contribution is -2.39. The van der Waals surface area contributed by atoms with Gasteiger partial charge in [-0.05, 0) is 49.7 Å². The van der Waals surface area contributed by atoms with Crippen LogP contribution in [0.2, 0.25) is 0 Å². The van der Waals surface area contributed by atoms with E-state index >= 15 is 0 Å². The van der Waals surface area contributed by atoms with E-state index in [0.717, 1.165) is 38.0 Å². The summed E-state index contributed by atoms with van der Waals surface area (Å²) < 4.78 is 5.64. The monoisotopic (exact) mass is 218 g/mol. The number of ether oxygens (including phenoxy) is 1. The maximum Gasteiger partial charge on any atom is 0.122 e. The Hall–Kier alpha value is -1.02. The summed E-state index contributed by atoms with van der Waals surface area (Å²) in [4.78, 5) is 0. The second-order valence-corrected chi connectivity index (χ2v) is 5.15. The van der Waals surface area contributed by atoms with Crippen molar-refractivity contribution in [2.45, 2.75) is 43.6 Å². The average molecular weight is 218 g/mol. The summed E-state index contributed by atoms with van der Waals surface area (Å²) >= 11 is 0. The van der Waals surface area contributed by atoms with Crippen LogP contribution in [0.4, 0.5) is 0 Å². The number of fused-ring (bicyclic) bond motifs is 1. The smallest absolute Gasteiger partial charge is 0.122 e. The lowest BCUT2D eigenvalue weighted by Gasteiger charge is -2.40. The Morgan fingerprint density at radius 1 is 1.31 bits per heavy atom. The van der Waals surface area contributed by atoms with Gasteiger partial charge in [-0.15, -0.1) is 0 Å². The van der Waals surface area contributed by atoms with Crippen molar-refractivity contribution in [2.75, 3.05) is 6.61 Å². The number of hydrogen-bond acceptors (Lipinski definition) is 2. The molecule has 0 saturated heterocycles. The van der Waals surface area contributed by atoms with E-state index in [4.69, 9.17) is 4.74 Å². The fourth-order valence-electron chi connectivity index (χ4n) is 2.88. The lowest BCUT2D eigenvalue weighted by atomic mass is 9.72. The predicted molar refractivity (Wildman–Crippen MR) is 62.7 cm³/mol. The Balaban J connectivity index is 1.81. The van der Waals surface area contributed by atoms with Gasteiger partial charge in [0.25, 0.3) is 0 Å². The van der Waals surface area contributed by atoms with Crippen molar-refractivity contribution < 1.29 is 9.84 Å². The van der Waals surface area contributed by atoms with Gasteiger partial charge in [0.15, 0.2) is 0 Å². The fraction of sp³-hybridized carbons (Fsp3) is 0.571. The molecule has 1 unspecified atom stereocenters. The summed E-state index contributed by atoms with van der Waals surface area (Å²) in [6.07, 6.45) is 5.09. The van der Waals surface area contributed by atoms with E-state index in [0.29, 0.717) is 5.92 Å². The summed E-state index contributed by atoms with van der Waals surface area (Å²) in [5.74, 6) is 1.50. The highest BCUT2D eigenvalue weighted by Gasteiger charge is 2.38. The molecule has 1 aliphatic heterocycles. The molecule has 0 bridgehead atoms. The molecule has 3 rings (SSSR count). The van der Waals surface area contributed by atoms with E-state index in [1.54, 1.807) is 0 Å². The summed E-state index contributed by atoms with van der Waals surface area (Å²) in [6, 6.07) is 8.25. The van der Waals surface area contributed by atoms with E-state index in [9.17, 15) is 5.11 Å². The molecule has 0 spiro atoms. The highest BCUT2D eigenvalue weighted by Crippen LogP contribution is 2.44. The number of para-hydroxylation sites is 1. The van der Waals surface area contributed by atoms with E-state index in [1.165, 1.54) is 12.0 Å². The third kappa shape index (κ3) is 1.71. The van der Waals surface area contributed by atoms with Crippen LogP contribution in [-0.4, -0.2) is 17.3 Å². The molecule has 0 aromatic heterocycles. The maximum atomic E-state index is 10.2. The standard InChI is InChI=1S/C14H18O2/c15-14(7-3-8-14)10-11-6-9-16-13-5-2-1-4-12(11)13/h1-2,4-5,11,15H,3,6-10H2. The molecule has 1 aromatic rings. The molecular weight excluding hydrogens is 200 g/mol. The van der Waals surface area contributed by atoms with E-state index in [1.807, 2.05) is 12.1 Å². The van der Waals surface area contributed by atoms with Crippen molar-refractivity contribution in [2.24, 2.45) is 0 Å². The molecule has 1 fully saturated rings. The largest absolute Gasteiger partial charge is 0.493 e. The van der Waals surface area contributed by atoms with E-state index in [2.05, 4.69) is 12.1 Å². The third-order valence-electron chi connectivity index (χ3n) is 3.99. The first kappa shape index (κ1) is 10.2. The first-order valence-corrected chi connectivity index (χ1v) is 6.21. The molecule has 1 atom stereocenters. The zero-order valence-corrected chi connectivity index (χ0v) is 9.48. The zero-order valence-electron chi connectivity index (χ0n) is 9.48. The number of rotatable bonds is 2. The SMILES string of the molecule is OC1(CC2CCOc3ccccc32)CCC1. The van der Waals surface area contributed by atoms with Gasteiger partial charge in [0.05, 0.1) is 12.2 Å². The molecule has 1 heterocycles. The van der Waals surface area contributed by atoms with Gasteiger partial charge >= 0.3 is 0 Å². The summed E-state index contributed by atoms with van der Waals surface area (Å²) in [5, 5.41) is 10.2. The minimum Gasteiger partial charge on any atom is -0.493 e. The van der Waals surface area contributed by atoms with Crippen LogP contribution in [0, 0.1) is 0 Å². The van der Waals surface area contributed by atoms with Crippen molar-refractivity contribution in [3.63, 3.8) is 0 Å². The fourth-order valence-corrected chi connectivity index (χ4v) is 2.88. The van der Waals surface area contributed by atoms with Crippen molar-refractivity contribution in [1.82, 2.24) is 0 Å². The van der Waals surface area contributed by atoms with E-state index < -0.39 is 0 Å². The molecule has 0 amide bonds. The minimum atomic E-state index is -0.380. The van der Waals surface area contributed by atoms with Crippen molar-refractivity contribution >= 4 is 0 Å². The van der Waals surface area contributed by atoms with E-state index in [-0.39, 0.29) is 5.60 Å². The Bertz CT molecular complexity index is 382. The molecule has 1 N–H and O–H groups in total. The highest BCUT2D eigenvalue weighted by atomic mass is 16.5. The molecule has 2 heteroatoms. The van der Waals surface area contributed by atoms with Gasteiger partial charge in [0.1, 0.15) is 5.75 Å². The molecular formula is C14H18O2. The molecule has 2 nitrogen and oxygen atoms in total. The third-order valence-corrected chi connectivity index (χ3v) is 3.99. The van der Waals surface area contributed by atoms with Gasteiger partial charge < -0.3 is 9.84 Å². The molecule has 1 aliphatic carbocycles. The average Bonchev–Trinajstić information content (AvgIpc) is 2.27. The van der Waals surface area contributed by atoms with Gasteiger partial charge in [-0.3, -0.25) is 0 Å². The van der Waals surface area contributed by atoms with Crippen molar-refractivity contribution in [1.29, 1.82) is 0 Å². The number of hydrogen-bond donors (Lipinski definition) is 1. The van der Waals surface area contributed by atoms with Crippen LogP contribution >= 0.6 is 0 Å². The first-order valence-electron chi connectivity index (χ1n) is 6.21. The normalized spacial score (nSPS) is 26.4. The van der Waals surface area contributed by atoms with Gasteiger partial charge in [-0.1, -0.05) is 18.2 Å². The Kier molecular flexibility index (Phi) is 2.40. The topological polar surface area (TPSA) is 29.5 Å². The molecule has 2 aliphatic rings. The quantitative estimate of drug-likeness (QED) is 0.827. The maximum absolute atomic E-state index is 10.2. The predicted octanol–water partition coefficient (Wildman–Crippen LogP) is 2.86. The highest BCUT2D eigenvalue weighted by molar-refractivity contribution is 5.38. The second kappa shape index (κ2) is 3.77. The number of aliphatic hydroxyl groups is 1. The summed E-state index contributed by atoms with van der Waals surface area (Å²) in [7, 11) is 0. The van der Waals surface area contributed by atoms with Gasteiger partial charge in [-0.25, -0.2) is 0 Å². The van der Waals surface area contributed by atoms with Crippen LogP contribution in [0.5, 0.6) is 5.75 Å². The summed E-state index contributed by atoms with van der Waals surface area (Å²) in [6.45, 7) is 0.789. The molecule has 0 radical (unpaired) electrons. The van der Waals surface area contributed by atoms with Gasteiger partial charge in [0, 0.05) is 0 Å². The van der Waals surface area contributed by atoms with Crippen LogP contribution in [0.3, 0.4) is 0 Å². The van der Waals surface area contributed by atoms with Crippen molar-refractivity contribution in [3.8, 4) is 5.75 Å². The second-order valence-electron chi connectivity index (χ2n) is 5.15. The van der Waals surface area contributed by atoms with Crippen LogP contribution in [0.15, 0.2) is 24.3 Å². The number of benzene rings is 1.